The second-order valence-corrected chi connectivity index (χ2v) is 4.66. The van der Waals surface area contributed by atoms with E-state index in [1.54, 1.807) is 0 Å². The summed E-state index contributed by atoms with van der Waals surface area (Å²) >= 11 is 0. The van der Waals surface area contributed by atoms with Crippen LogP contribution in [-0.2, 0) is 10.3 Å². The van der Waals surface area contributed by atoms with E-state index in [0.29, 0.717) is 6.42 Å². The van der Waals surface area contributed by atoms with Gasteiger partial charge < -0.3 is 5.11 Å². The van der Waals surface area contributed by atoms with Crippen molar-refractivity contribution in [1.29, 1.82) is 0 Å². The molecule has 0 radical (unpaired) electrons. The van der Waals surface area contributed by atoms with Gasteiger partial charge in [-0.3, -0.25) is 4.90 Å². The summed E-state index contributed by atoms with van der Waals surface area (Å²) in [5.41, 5.74) is -0.0465. The standard InChI is InChI=1S/C15H23NO2/c1-4-6-12-16(3)15(5-2,14(17)18)13-10-8-7-9-11-13/h7-11H,4-6,12H2,1-3H3,(H,17,18). The fraction of sp³-hybridized carbons (Fsp3) is 0.533. The lowest BCUT2D eigenvalue weighted by molar-refractivity contribution is -0.152. The topological polar surface area (TPSA) is 40.5 Å². The van der Waals surface area contributed by atoms with Crippen LogP contribution in [0.1, 0.15) is 38.7 Å². The summed E-state index contributed by atoms with van der Waals surface area (Å²) in [6, 6.07) is 9.52. The van der Waals surface area contributed by atoms with Crippen molar-refractivity contribution in [2.75, 3.05) is 13.6 Å². The molecule has 18 heavy (non-hydrogen) atoms. The van der Waals surface area contributed by atoms with Gasteiger partial charge in [0, 0.05) is 0 Å². The first-order chi connectivity index (χ1) is 8.59. The first kappa shape index (κ1) is 14.7. The first-order valence-electron chi connectivity index (χ1n) is 6.59. The molecule has 1 atom stereocenters. The van der Waals surface area contributed by atoms with Crippen LogP contribution in [0.2, 0.25) is 0 Å². The van der Waals surface area contributed by atoms with Crippen LogP contribution in [0, 0.1) is 0 Å². The number of carboxylic acid groups (broad SMARTS) is 1. The highest BCUT2D eigenvalue weighted by Crippen LogP contribution is 2.31. The normalized spacial score (nSPS) is 14.4. The van der Waals surface area contributed by atoms with E-state index in [9.17, 15) is 9.90 Å². The van der Waals surface area contributed by atoms with Gasteiger partial charge in [-0.2, -0.15) is 0 Å². The van der Waals surface area contributed by atoms with Crippen molar-refractivity contribution in [2.45, 2.75) is 38.6 Å². The van der Waals surface area contributed by atoms with E-state index in [1.165, 1.54) is 0 Å². The Morgan fingerprint density at radius 2 is 1.89 bits per heavy atom. The van der Waals surface area contributed by atoms with Crippen LogP contribution in [0.15, 0.2) is 30.3 Å². The maximum Gasteiger partial charge on any atom is 0.328 e. The van der Waals surface area contributed by atoms with Crippen molar-refractivity contribution >= 4 is 5.97 Å². The molecular formula is C15H23NO2. The number of carbonyl (C=O) groups is 1. The largest absolute Gasteiger partial charge is 0.480 e. The minimum atomic E-state index is -0.906. The van der Waals surface area contributed by atoms with E-state index < -0.39 is 11.5 Å². The van der Waals surface area contributed by atoms with E-state index in [2.05, 4.69) is 6.92 Å². The zero-order valence-electron chi connectivity index (χ0n) is 11.5. The molecule has 0 bridgehead atoms. The Morgan fingerprint density at radius 3 is 2.33 bits per heavy atom. The first-order valence-corrected chi connectivity index (χ1v) is 6.59. The second kappa shape index (κ2) is 6.55. The summed E-state index contributed by atoms with van der Waals surface area (Å²) in [6.07, 6.45) is 2.64. The molecule has 1 unspecified atom stereocenters. The van der Waals surface area contributed by atoms with Gasteiger partial charge in [-0.05, 0) is 32.0 Å². The van der Waals surface area contributed by atoms with Gasteiger partial charge in [0.15, 0.2) is 0 Å². The average molecular weight is 249 g/mol. The Kier molecular flexibility index (Phi) is 5.35. The molecule has 1 aromatic rings. The van der Waals surface area contributed by atoms with E-state index >= 15 is 0 Å². The molecule has 3 nitrogen and oxygen atoms in total. The maximum atomic E-state index is 11.8. The third-order valence-corrected chi connectivity index (χ3v) is 3.62. The molecule has 1 aromatic carbocycles. The predicted octanol–water partition coefficient (Wildman–Crippen LogP) is 3.11. The third kappa shape index (κ3) is 2.72. The molecular weight excluding hydrogens is 226 g/mol. The number of benzene rings is 1. The molecule has 1 N–H and O–H groups in total. The quantitative estimate of drug-likeness (QED) is 0.807. The Morgan fingerprint density at radius 1 is 1.28 bits per heavy atom. The predicted molar refractivity (Wildman–Crippen MR) is 73.6 cm³/mol. The fourth-order valence-electron chi connectivity index (χ4n) is 2.43. The van der Waals surface area contributed by atoms with Gasteiger partial charge in [0.1, 0.15) is 5.54 Å². The molecule has 0 amide bonds. The number of rotatable bonds is 7. The molecule has 0 aliphatic carbocycles. The van der Waals surface area contributed by atoms with Crippen molar-refractivity contribution in [1.82, 2.24) is 4.90 Å². The number of nitrogens with zero attached hydrogens (tertiary/aromatic N) is 1. The molecule has 0 aliphatic heterocycles. The van der Waals surface area contributed by atoms with Crippen LogP contribution in [-0.4, -0.2) is 29.6 Å². The molecule has 0 aromatic heterocycles. The average Bonchev–Trinajstić information content (AvgIpc) is 2.38. The number of hydrogen-bond acceptors (Lipinski definition) is 2. The van der Waals surface area contributed by atoms with Gasteiger partial charge in [0.25, 0.3) is 0 Å². The number of hydrogen-bond donors (Lipinski definition) is 1. The molecule has 0 spiro atoms. The van der Waals surface area contributed by atoms with Crippen LogP contribution < -0.4 is 0 Å². The molecule has 100 valence electrons. The second-order valence-electron chi connectivity index (χ2n) is 4.66. The van der Waals surface area contributed by atoms with E-state index in [0.717, 1.165) is 24.9 Å². The molecule has 0 fully saturated rings. The van der Waals surface area contributed by atoms with Gasteiger partial charge in [0.05, 0.1) is 0 Å². The number of unbranched alkanes of at least 4 members (excludes halogenated alkanes) is 1. The molecule has 0 heterocycles. The van der Waals surface area contributed by atoms with Crippen molar-refractivity contribution in [2.24, 2.45) is 0 Å². The maximum absolute atomic E-state index is 11.8. The number of likely N-dealkylation sites (N-methyl/N-ethyl adjacent to an activating group) is 1. The Labute approximate surface area is 109 Å². The van der Waals surface area contributed by atoms with Gasteiger partial charge in [-0.25, -0.2) is 4.79 Å². The van der Waals surface area contributed by atoms with Crippen LogP contribution in [0.3, 0.4) is 0 Å². The van der Waals surface area contributed by atoms with Crippen LogP contribution in [0.25, 0.3) is 0 Å². The summed E-state index contributed by atoms with van der Waals surface area (Å²) in [6.45, 7) is 4.85. The lowest BCUT2D eigenvalue weighted by Crippen LogP contribution is -2.50. The van der Waals surface area contributed by atoms with Crippen molar-refractivity contribution in [3.8, 4) is 0 Å². The summed E-state index contributed by atoms with van der Waals surface area (Å²) in [7, 11) is 1.90. The minimum Gasteiger partial charge on any atom is -0.480 e. The van der Waals surface area contributed by atoms with Crippen molar-refractivity contribution in [3.05, 3.63) is 35.9 Å². The Hall–Kier alpha value is -1.35. The van der Waals surface area contributed by atoms with Gasteiger partial charge in [-0.15, -0.1) is 0 Å². The van der Waals surface area contributed by atoms with E-state index in [-0.39, 0.29) is 0 Å². The molecule has 0 saturated carbocycles. The molecule has 3 heteroatoms. The number of carboxylic acids is 1. The molecule has 0 saturated heterocycles. The van der Waals surface area contributed by atoms with E-state index in [1.807, 2.05) is 49.2 Å². The lowest BCUT2D eigenvalue weighted by atomic mass is 9.85. The Bertz CT molecular complexity index is 377. The molecule has 1 rings (SSSR count). The Balaban J connectivity index is 3.13. The van der Waals surface area contributed by atoms with Gasteiger partial charge >= 0.3 is 5.97 Å². The van der Waals surface area contributed by atoms with Crippen molar-refractivity contribution < 1.29 is 9.90 Å². The van der Waals surface area contributed by atoms with Crippen LogP contribution in [0.5, 0.6) is 0 Å². The lowest BCUT2D eigenvalue weighted by Gasteiger charge is -2.38. The zero-order chi connectivity index (χ0) is 13.6. The van der Waals surface area contributed by atoms with E-state index in [4.69, 9.17) is 0 Å². The SMILES string of the molecule is CCCCN(C)C(CC)(C(=O)O)c1ccccc1. The highest BCUT2D eigenvalue weighted by atomic mass is 16.4. The third-order valence-electron chi connectivity index (χ3n) is 3.62. The smallest absolute Gasteiger partial charge is 0.328 e. The fourth-order valence-corrected chi connectivity index (χ4v) is 2.43. The molecule has 0 aliphatic rings. The van der Waals surface area contributed by atoms with Crippen LogP contribution in [0.4, 0.5) is 0 Å². The van der Waals surface area contributed by atoms with Gasteiger partial charge in [-0.1, -0.05) is 50.6 Å². The van der Waals surface area contributed by atoms with Crippen molar-refractivity contribution in [3.63, 3.8) is 0 Å². The van der Waals surface area contributed by atoms with Crippen LogP contribution >= 0.6 is 0 Å². The zero-order valence-corrected chi connectivity index (χ0v) is 11.5. The van der Waals surface area contributed by atoms with Gasteiger partial charge in [0.2, 0.25) is 0 Å². The highest BCUT2D eigenvalue weighted by Gasteiger charge is 2.42. The summed E-state index contributed by atoms with van der Waals surface area (Å²) in [4.78, 5) is 13.8. The minimum absolute atomic E-state index is 0.562. The summed E-state index contributed by atoms with van der Waals surface area (Å²) in [5.74, 6) is -0.769. The number of aliphatic carboxylic acids is 1. The highest BCUT2D eigenvalue weighted by molar-refractivity contribution is 5.80. The summed E-state index contributed by atoms with van der Waals surface area (Å²) < 4.78 is 0. The summed E-state index contributed by atoms with van der Waals surface area (Å²) in [5, 5.41) is 9.71. The monoisotopic (exact) mass is 249 g/mol.